The SMILES string of the molecule is C=CC(=O)N1CC2CC(C1)C2Oc1cc2c(Nc3ccc(Cl)c(Cl)c3F)c(C#N)cnc2cc1OC. The number of methoxy groups -OCH3 is 1. The van der Waals surface area contributed by atoms with Crippen molar-refractivity contribution < 1.29 is 18.7 Å². The number of aromatic nitrogens is 1. The summed E-state index contributed by atoms with van der Waals surface area (Å²) < 4.78 is 26.8. The van der Waals surface area contributed by atoms with Gasteiger partial charge in [-0.25, -0.2) is 4.39 Å². The van der Waals surface area contributed by atoms with Crippen LogP contribution in [0.3, 0.4) is 0 Å². The second-order valence-corrected chi connectivity index (χ2v) is 9.60. The predicted molar refractivity (Wildman–Crippen MR) is 136 cm³/mol. The number of fused-ring (bicyclic) bond motifs is 3. The quantitative estimate of drug-likeness (QED) is 0.326. The lowest BCUT2D eigenvalue weighted by molar-refractivity contribution is -0.142. The number of carbonyl (C=O) groups excluding carboxylic acids is 1. The molecule has 2 aromatic carbocycles. The van der Waals surface area contributed by atoms with Crippen molar-refractivity contribution >= 4 is 51.4 Å². The van der Waals surface area contributed by atoms with Crippen LogP contribution >= 0.6 is 23.2 Å². The fourth-order valence-electron chi connectivity index (χ4n) is 4.92. The Kier molecular flexibility index (Phi) is 6.37. The van der Waals surface area contributed by atoms with Crippen molar-refractivity contribution in [3.63, 3.8) is 0 Å². The predicted octanol–water partition coefficient (Wildman–Crippen LogP) is 5.72. The molecule has 0 radical (unpaired) electrons. The van der Waals surface area contributed by atoms with E-state index in [-0.39, 0.29) is 45.1 Å². The van der Waals surface area contributed by atoms with E-state index in [1.807, 2.05) is 0 Å². The molecule has 1 N–H and O–H groups in total. The standard InChI is InChI=1S/C26H21Cl2FN4O3/c1-3-22(34)33-11-13-6-14(12-33)26(13)36-21-7-16-19(8-20(21)35-2)31-10-15(9-30)25(16)32-18-5-4-17(27)23(28)24(18)29/h3-5,7-8,10,13-14,26H,1,6,11-12H2,2H3,(H,31,32). The van der Waals surface area contributed by atoms with Crippen LogP contribution in [0.5, 0.6) is 11.5 Å². The lowest BCUT2D eigenvalue weighted by Crippen LogP contribution is -2.61. The molecule has 10 heteroatoms. The zero-order valence-electron chi connectivity index (χ0n) is 19.2. The number of ether oxygens (including phenoxy) is 2. The number of pyridine rings is 1. The first kappa shape index (κ1) is 24.2. The van der Waals surface area contributed by atoms with E-state index in [1.54, 1.807) is 17.0 Å². The van der Waals surface area contributed by atoms with Gasteiger partial charge in [0.05, 0.1) is 39.6 Å². The number of piperidine rings is 2. The molecule has 36 heavy (non-hydrogen) atoms. The largest absolute Gasteiger partial charge is 0.493 e. The van der Waals surface area contributed by atoms with Crippen molar-refractivity contribution in [3.8, 4) is 17.6 Å². The van der Waals surface area contributed by atoms with Gasteiger partial charge in [-0.2, -0.15) is 5.26 Å². The van der Waals surface area contributed by atoms with Gasteiger partial charge >= 0.3 is 0 Å². The van der Waals surface area contributed by atoms with Crippen LogP contribution in [0, 0.1) is 29.0 Å². The smallest absolute Gasteiger partial charge is 0.245 e. The highest BCUT2D eigenvalue weighted by molar-refractivity contribution is 6.42. The first-order valence-electron chi connectivity index (χ1n) is 11.2. The molecule has 2 atom stereocenters. The minimum atomic E-state index is -0.732. The third-order valence-corrected chi connectivity index (χ3v) is 7.54. The van der Waals surface area contributed by atoms with Gasteiger partial charge in [0.2, 0.25) is 5.91 Å². The number of halogens is 3. The second kappa shape index (κ2) is 9.49. The Hall–Kier alpha value is -3.54. The Morgan fingerprint density at radius 2 is 2.06 bits per heavy atom. The molecule has 2 saturated heterocycles. The summed E-state index contributed by atoms with van der Waals surface area (Å²) in [5, 5.41) is 13.1. The third kappa shape index (κ3) is 4.08. The molecule has 0 spiro atoms. The summed E-state index contributed by atoms with van der Waals surface area (Å²) in [4.78, 5) is 18.2. The van der Waals surface area contributed by atoms with Gasteiger partial charge in [-0.3, -0.25) is 9.78 Å². The Labute approximate surface area is 217 Å². The number of amides is 1. The van der Waals surface area contributed by atoms with Gasteiger partial charge in [-0.05, 0) is 30.7 Å². The van der Waals surface area contributed by atoms with Crippen LogP contribution < -0.4 is 14.8 Å². The zero-order chi connectivity index (χ0) is 25.6. The molecule has 2 unspecified atom stereocenters. The van der Waals surface area contributed by atoms with E-state index in [1.165, 1.54) is 31.5 Å². The van der Waals surface area contributed by atoms with E-state index in [2.05, 4.69) is 22.9 Å². The van der Waals surface area contributed by atoms with E-state index in [4.69, 9.17) is 32.7 Å². The van der Waals surface area contributed by atoms with Crippen LogP contribution in [0.15, 0.2) is 43.1 Å². The van der Waals surface area contributed by atoms with Crippen LogP contribution in [0.4, 0.5) is 15.8 Å². The number of benzene rings is 2. The highest BCUT2D eigenvalue weighted by Gasteiger charge is 2.49. The number of hydrogen-bond donors (Lipinski definition) is 1. The topological polar surface area (TPSA) is 87.5 Å². The van der Waals surface area contributed by atoms with E-state index in [0.29, 0.717) is 41.2 Å². The maximum atomic E-state index is 14.8. The molecule has 2 bridgehead atoms. The Bertz CT molecular complexity index is 1430. The lowest BCUT2D eigenvalue weighted by Gasteiger charge is -2.52. The Morgan fingerprint density at radius 3 is 2.72 bits per heavy atom. The Balaban J connectivity index is 1.52. The monoisotopic (exact) mass is 526 g/mol. The zero-order valence-corrected chi connectivity index (χ0v) is 20.7. The van der Waals surface area contributed by atoms with E-state index in [0.717, 1.165) is 6.42 Å². The summed E-state index contributed by atoms with van der Waals surface area (Å²) in [6, 6.07) is 8.46. The molecule has 1 aliphatic carbocycles. The molecule has 3 heterocycles. The molecule has 7 nitrogen and oxygen atoms in total. The number of rotatable bonds is 6. The van der Waals surface area contributed by atoms with Gasteiger partial charge in [0.1, 0.15) is 12.2 Å². The third-order valence-electron chi connectivity index (χ3n) is 6.76. The first-order chi connectivity index (χ1) is 17.3. The van der Waals surface area contributed by atoms with Gasteiger partial charge in [0, 0.05) is 42.6 Å². The summed E-state index contributed by atoms with van der Waals surface area (Å²) in [5.74, 6) is 0.535. The van der Waals surface area contributed by atoms with E-state index >= 15 is 0 Å². The number of nitrogens with zero attached hydrogens (tertiary/aromatic N) is 3. The number of nitriles is 1. The molecular formula is C26H21Cl2FN4O3. The van der Waals surface area contributed by atoms with E-state index in [9.17, 15) is 14.4 Å². The van der Waals surface area contributed by atoms with Gasteiger partial charge in [-0.15, -0.1) is 0 Å². The van der Waals surface area contributed by atoms with Crippen LogP contribution in [0.25, 0.3) is 10.9 Å². The van der Waals surface area contributed by atoms with Crippen LogP contribution in [0.1, 0.15) is 12.0 Å². The summed E-state index contributed by atoms with van der Waals surface area (Å²) in [6.45, 7) is 4.78. The van der Waals surface area contributed by atoms with Gasteiger partial charge < -0.3 is 19.7 Å². The highest BCUT2D eigenvalue weighted by Crippen LogP contribution is 2.45. The van der Waals surface area contributed by atoms with Crippen molar-refractivity contribution in [1.82, 2.24) is 9.88 Å². The van der Waals surface area contributed by atoms with Crippen molar-refractivity contribution in [1.29, 1.82) is 5.26 Å². The molecule has 3 aliphatic rings. The molecule has 2 aliphatic heterocycles. The van der Waals surface area contributed by atoms with Gasteiger partial charge in [0.15, 0.2) is 17.3 Å². The molecule has 3 fully saturated rings. The number of hydrogen-bond acceptors (Lipinski definition) is 6. The summed E-state index contributed by atoms with van der Waals surface area (Å²) >= 11 is 11.9. The minimum Gasteiger partial charge on any atom is -0.493 e. The summed E-state index contributed by atoms with van der Waals surface area (Å²) in [6.07, 6.45) is 3.63. The number of nitrogens with one attached hydrogen (secondary N) is 1. The second-order valence-electron chi connectivity index (χ2n) is 8.81. The molecule has 3 aromatic rings. The van der Waals surface area contributed by atoms with E-state index < -0.39 is 5.82 Å². The minimum absolute atomic E-state index is 0.0622. The molecule has 1 saturated carbocycles. The fraction of sp³-hybridized carbons (Fsp3) is 0.269. The average Bonchev–Trinajstić information content (AvgIpc) is 2.91. The number of anilines is 2. The molecule has 184 valence electrons. The highest BCUT2D eigenvalue weighted by atomic mass is 35.5. The van der Waals surface area contributed by atoms with Crippen LogP contribution in [-0.2, 0) is 4.79 Å². The summed E-state index contributed by atoms with van der Waals surface area (Å²) in [7, 11) is 1.54. The maximum Gasteiger partial charge on any atom is 0.245 e. The first-order valence-corrected chi connectivity index (χ1v) is 12.0. The van der Waals surface area contributed by atoms with Gasteiger partial charge in [0.25, 0.3) is 0 Å². The fourth-order valence-corrected chi connectivity index (χ4v) is 5.23. The molecule has 1 aromatic heterocycles. The normalized spacial score (nSPS) is 20.3. The van der Waals surface area contributed by atoms with Crippen LogP contribution in [0.2, 0.25) is 10.0 Å². The maximum absolute atomic E-state index is 14.8. The number of carbonyl (C=O) groups is 1. The van der Waals surface area contributed by atoms with Crippen LogP contribution in [-0.4, -0.2) is 42.1 Å². The van der Waals surface area contributed by atoms with Crippen molar-refractivity contribution in [3.05, 3.63) is 64.5 Å². The van der Waals surface area contributed by atoms with Crippen molar-refractivity contribution in [2.75, 3.05) is 25.5 Å². The van der Waals surface area contributed by atoms with Crippen molar-refractivity contribution in [2.24, 2.45) is 11.8 Å². The molecule has 1 amide bonds. The molecular weight excluding hydrogens is 506 g/mol. The van der Waals surface area contributed by atoms with Crippen molar-refractivity contribution in [2.45, 2.75) is 12.5 Å². The van der Waals surface area contributed by atoms with Gasteiger partial charge in [-0.1, -0.05) is 29.8 Å². The summed E-state index contributed by atoms with van der Waals surface area (Å²) in [5.41, 5.74) is 1.15. The Morgan fingerprint density at radius 1 is 1.31 bits per heavy atom. The lowest BCUT2D eigenvalue weighted by atomic mass is 9.68. The molecule has 6 rings (SSSR count). The average molecular weight is 527 g/mol.